The van der Waals surface area contributed by atoms with E-state index in [1.165, 1.54) is 24.3 Å². The second-order valence-corrected chi connectivity index (χ2v) is 9.18. The number of esters is 2. The van der Waals surface area contributed by atoms with Crippen LogP contribution < -0.4 is 0 Å². The molecule has 2 aliphatic heterocycles. The Morgan fingerprint density at radius 3 is 2.36 bits per heavy atom. The summed E-state index contributed by atoms with van der Waals surface area (Å²) in [5, 5.41) is 59.5. The molecule has 1 fully saturated rings. The van der Waals surface area contributed by atoms with Crippen molar-refractivity contribution in [3.63, 3.8) is 0 Å². The van der Waals surface area contributed by atoms with Gasteiger partial charge in [0.2, 0.25) is 6.29 Å². The summed E-state index contributed by atoms with van der Waals surface area (Å²) in [5.41, 5.74) is 0.912. The van der Waals surface area contributed by atoms with Gasteiger partial charge < -0.3 is 54.3 Å². The second-order valence-electron chi connectivity index (χ2n) is 9.18. The summed E-state index contributed by atoms with van der Waals surface area (Å²) in [5.74, 6) is -3.31. The number of hydrogen-bond donors (Lipinski definition) is 6. The first-order chi connectivity index (χ1) is 18.7. The van der Waals surface area contributed by atoms with E-state index in [9.17, 15) is 40.2 Å². The number of aromatic hydroxyl groups is 1. The predicted molar refractivity (Wildman–Crippen MR) is 129 cm³/mol. The highest BCUT2D eigenvalue weighted by Gasteiger charge is 2.53. The Hall–Kier alpha value is -3.30. The maximum Gasteiger partial charge on any atom is 0.337 e. The Bertz CT molecular complexity index is 1130. The number of phenolic OH excluding ortho intramolecular Hbond substituents is 1. The van der Waals surface area contributed by atoms with Crippen LogP contribution in [0.15, 0.2) is 53.8 Å². The number of hydrogen-bond acceptors (Lipinski definition) is 13. The van der Waals surface area contributed by atoms with Crippen molar-refractivity contribution in [3.05, 3.63) is 59.4 Å². The number of phenols is 1. The molecule has 39 heavy (non-hydrogen) atoms. The number of ether oxygens (including phenoxy) is 5. The molecule has 0 radical (unpaired) electrons. The van der Waals surface area contributed by atoms with Gasteiger partial charge in [0.15, 0.2) is 6.29 Å². The van der Waals surface area contributed by atoms with Crippen LogP contribution in [0.2, 0.25) is 0 Å². The highest BCUT2D eigenvalue weighted by molar-refractivity contribution is 5.90. The number of fused-ring (bicyclic) bond motifs is 1. The number of aliphatic hydroxyl groups excluding tert-OH is 5. The third-order valence-electron chi connectivity index (χ3n) is 6.81. The topological polar surface area (TPSA) is 202 Å². The van der Waals surface area contributed by atoms with E-state index in [0.29, 0.717) is 11.1 Å². The fraction of sp³-hybridized carbons (Fsp3) is 0.462. The first kappa shape index (κ1) is 28.7. The summed E-state index contributed by atoms with van der Waals surface area (Å²) in [4.78, 5) is 25.2. The lowest BCUT2D eigenvalue weighted by molar-refractivity contribution is -0.340. The van der Waals surface area contributed by atoms with Crippen molar-refractivity contribution >= 4 is 18.0 Å². The fourth-order valence-corrected chi connectivity index (χ4v) is 4.80. The van der Waals surface area contributed by atoms with Gasteiger partial charge in [0, 0.05) is 12.0 Å². The van der Waals surface area contributed by atoms with Crippen LogP contribution in [0.25, 0.3) is 6.08 Å². The predicted octanol–water partition coefficient (Wildman–Crippen LogP) is -1.29. The zero-order valence-electron chi connectivity index (χ0n) is 20.8. The lowest BCUT2D eigenvalue weighted by Gasteiger charge is -2.43. The Morgan fingerprint density at radius 1 is 1.00 bits per heavy atom. The van der Waals surface area contributed by atoms with Gasteiger partial charge in [-0.3, -0.25) is 0 Å². The maximum atomic E-state index is 12.7. The van der Waals surface area contributed by atoms with E-state index < -0.39 is 80.1 Å². The summed E-state index contributed by atoms with van der Waals surface area (Å²) in [7, 11) is 1.16. The third-order valence-corrected chi connectivity index (χ3v) is 6.81. The maximum absolute atomic E-state index is 12.7. The SMILES string of the molecule is COC(=O)C1=CO[C@@H](O[C@@H]2O[C@H](CO)[C@@H](O)[C@H](O)[C@H]2O)[C@H]2C(CO)=C[C@@H](OC(=O)C=Cc3ccc(O)cc3)[C@@H]12. The van der Waals surface area contributed by atoms with Crippen molar-refractivity contribution in [3.8, 4) is 5.75 Å². The van der Waals surface area contributed by atoms with Crippen molar-refractivity contribution < 1.29 is 63.9 Å². The number of methoxy groups -OCH3 is 1. The van der Waals surface area contributed by atoms with Gasteiger partial charge in [-0.15, -0.1) is 0 Å². The quantitative estimate of drug-likeness (QED) is 0.127. The average Bonchev–Trinajstić information content (AvgIpc) is 3.31. The van der Waals surface area contributed by atoms with Gasteiger partial charge in [0.25, 0.3) is 0 Å². The number of rotatable bonds is 8. The van der Waals surface area contributed by atoms with Gasteiger partial charge in [-0.2, -0.15) is 0 Å². The summed E-state index contributed by atoms with van der Waals surface area (Å²) >= 11 is 0. The van der Waals surface area contributed by atoms with Gasteiger partial charge in [0.05, 0.1) is 38.1 Å². The Kier molecular flexibility index (Phi) is 9.02. The molecule has 9 atom stereocenters. The molecular weight excluding hydrogens is 520 g/mol. The highest BCUT2D eigenvalue weighted by Crippen LogP contribution is 2.45. The van der Waals surface area contributed by atoms with Crippen LogP contribution in [-0.2, 0) is 33.3 Å². The molecule has 4 rings (SSSR count). The highest BCUT2D eigenvalue weighted by atomic mass is 16.8. The van der Waals surface area contributed by atoms with Crippen molar-refractivity contribution in [2.45, 2.75) is 43.1 Å². The lowest BCUT2D eigenvalue weighted by Crippen LogP contribution is -2.60. The van der Waals surface area contributed by atoms with Crippen molar-refractivity contribution in [1.29, 1.82) is 0 Å². The normalized spacial score (nSPS) is 34.1. The van der Waals surface area contributed by atoms with Gasteiger partial charge >= 0.3 is 11.9 Å². The molecule has 13 heteroatoms. The molecular formula is C26H30O13. The van der Waals surface area contributed by atoms with E-state index in [4.69, 9.17) is 23.7 Å². The molecule has 6 N–H and O–H groups in total. The smallest absolute Gasteiger partial charge is 0.337 e. The molecule has 1 aromatic carbocycles. The number of aliphatic hydroxyl groups is 5. The van der Waals surface area contributed by atoms with E-state index in [1.807, 2.05) is 0 Å². The van der Waals surface area contributed by atoms with Crippen LogP contribution in [-0.4, -0.2) is 106 Å². The molecule has 2 heterocycles. The lowest BCUT2D eigenvalue weighted by atomic mass is 9.82. The monoisotopic (exact) mass is 550 g/mol. The molecule has 212 valence electrons. The molecule has 1 aliphatic carbocycles. The van der Waals surface area contributed by atoms with Gasteiger partial charge in [-0.05, 0) is 35.4 Å². The van der Waals surface area contributed by atoms with Crippen molar-refractivity contribution in [2.75, 3.05) is 20.3 Å². The number of benzene rings is 1. The fourth-order valence-electron chi connectivity index (χ4n) is 4.80. The van der Waals surface area contributed by atoms with Crippen LogP contribution in [0.4, 0.5) is 0 Å². The van der Waals surface area contributed by atoms with Crippen LogP contribution >= 0.6 is 0 Å². The largest absolute Gasteiger partial charge is 0.508 e. The van der Waals surface area contributed by atoms with Crippen LogP contribution in [0.3, 0.4) is 0 Å². The van der Waals surface area contributed by atoms with Crippen LogP contribution in [0.5, 0.6) is 5.75 Å². The molecule has 13 nitrogen and oxygen atoms in total. The second kappa shape index (κ2) is 12.3. The minimum absolute atomic E-state index is 0.00355. The molecule has 0 aromatic heterocycles. The van der Waals surface area contributed by atoms with Crippen molar-refractivity contribution in [2.24, 2.45) is 11.8 Å². The first-order valence-electron chi connectivity index (χ1n) is 12.1. The minimum Gasteiger partial charge on any atom is -0.508 e. The van der Waals surface area contributed by atoms with Gasteiger partial charge in [0.1, 0.15) is 36.3 Å². The van der Waals surface area contributed by atoms with Crippen LogP contribution in [0, 0.1) is 11.8 Å². The summed E-state index contributed by atoms with van der Waals surface area (Å²) in [6, 6.07) is 6.08. The van der Waals surface area contributed by atoms with E-state index in [1.54, 1.807) is 12.1 Å². The zero-order chi connectivity index (χ0) is 28.3. The number of carbonyl (C=O) groups is 2. The summed E-state index contributed by atoms with van der Waals surface area (Å²) in [6.45, 7) is -1.20. The molecule has 0 spiro atoms. The third kappa shape index (κ3) is 5.99. The van der Waals surface area contributed by atoms with Gasteiger partial charge in [-0.25, -0.2) is 9.59 Å². The van der Waals surface area contributed by atoms with Crippen LogP contribution in [0.1, 0.15) is 5.56 Å². The Balaban J connectivity index is 1.56. The Morgan fingerprint density at radius 2 is 1.72 bits per heavy atom. The zero-order valence-corrected chi connectivity index (χ0v) is 20.8. The molecule has 0 saturated carbocycles. The first-order valence-corrected chi connectivity index (χ1v) is 12.1. The molecule has 0 amide bonds. The average molecular weight is 551 g/mol. The van der Waals surface area contributed by atoms with E-state index in [-0.39, 0.29) is 11.3 Å². The van der Waals surface area contributed by atoms with Gasteiger partial charge in [-0.1, -0.05) is 12.1 Å². The molecule has 3 aliphatic rings. The standard InChI is InChI=1S/C26H30O13/c1-35-24(34)15-11-36-25(39-26-23(33)22(32)21(31)17(10-28)38-26)19-13(9-27)8-16(20(15)19)37-18(30)7-4-12-2-5-14(29)6-3-12/h2-8,11,16-17,19-23,25-29,31-33H,9-10H2,1H3/t16-,17-,19+,20-,21-,22+,23-,25+,26+/m1/s1. The van der Waals surface area contributed by atoms with E-state index >= 15 is 0 Å². The van der Waals surface area contributed by atoms with E-state index in [2.05, 4.69) is 0 Å². The number of carbonyl (C=O) groups excluding carboxylic acids is 2. The minimum atomic E-state index is -1.72. The molecule has 0 unspecified atom stereocenters. The molecule has 1 saturated heterocycles. The summed E-state index contributed by atoms with van der Waals surface area (Å²) in [6.07, 6.45) is -5.04. The summed E-state index contributed by atoms with van der Waals surface area (Å²) < 4.78 is 27.2. The molecule has 1 aromatic rings. The van der Waals surface area contributed by atoms with Crippen molar-refractivity contribution in [1.82, 2.24) is 0 Å². The Labute approximate surface area is 222 Å². The molecule has 0 bridgehead atoms. The van der Waals surface area contributed by atoms with E-state index in [0.717, 1.165) is 19.4 Å².